The first-order valence-corrected chi connectivity index (χ1v) is 14.2. The molecule has 0 spiro atoms. The van der Waals surface area contributed by atoms with Crippen LogP contribution < -0.4 is 4.74 Å². The van der Waals surface area contributed by atoms with E-state index in [1.54, 1.807) is 0 Å². The van der Waals surface area contributed by atoms with Crippen LogP contribution in [0.2, 0.25) is 0 Å². The van der Waals surface area contributed by atoms with Gasteiger partial charge in [0.25, 0.3) is 0 Å². The monoisotopic (exact) mass is 475 g/mol. The Balaban J connectivity index is 1.19. The second-order valence-electron chi connectivity index (χ2n) is 11.8. The summed E-state index contributed by atoms with van der Waals surface area (Å²) >= 11 is 0. The highest BCUT2D eigenvalue weighted by Crippen LogP contribution is 2.63. The number of hydrogen-bond donors (Lipinski definition) is 1. The summed E-state index contributed by atoms with van der Waals surface area (Å²) < 4.78 is 6.36. The van der Waals surface area contributed by atoms with E-state index in [4.69, 9.17) is 4.74 Å². The van der Waals surface area contributed by atoms with Gasteiger partial charge in [-0.1, -0.05) is 39.0 Å². The molecule has 3 heteroatoms. The summed E-state index contributed by atoms with van der Waals surface area (Å²) in [4.78, 5) is 2.45. The lowest BCUT2D eigenvalue weighted by Gasteiger charge is -2.51. The molecule has 3 nitrogen and oxygen atoms in total. The number of nitrogens with zero attached hydrogens (tertiary/aromatic N) is 1. The van der Waals surface area contributed by atoms with E-state index in [-0.39, 0.29) is 0 Å². The normalized spacial score (nSPS) is 29.5. The molecule has 5 atom stereocenters. The Bertz CT molecular complexity index is 1030. The van der Waals surface area contributed by atoms with Crippen LogP contribution in [-0.2, 0) is 13.0 Å². The molecule has 2 saturated carbocycles. The molecule has 3 aliphatic carbocycles. The molecule has 4 unspecified atom stereocenters. The van der Waals surface area contributed by atoms with Crippen LogP contribution in [-0.4, -0.2) is 29.7 Å². The SMILES string of the molecule is CCN(CC)Cc1ccc(OCC[C@H]2CCC3C4CCc5cc(O)ccc5C4CCC32C)c(C)c1. The molecule has 5 rings (SSSR count). The quantitative estimate of drug-likeness (QED) is 0.429. The number of phenolic OH excluding ortho intramolecular Hbond substituents is 1. The Morgan fingerprint density at radius 2 is 1.86 bits per heavy atom. The fourth-order valence-electron chi connectivity index (χ4n) is 8.14. The van der Waals surface area contributed by atoms with Crippen LogP contribution in [0.25, 0.3) is 0 Å². The third kappa shape index (κ3) is 4.73. The van der Waals surface area contributed by atoms with Crippen LogP contribution >= 0.6 is 0 Å². The summed E-state index contributed by atoms with van der Waals surface area (Å²) in [6, 6.07) is 12.9. The minimum absolute atomic E-state index is 0.428. The highest BCUT2D eigenvalue weighted by atomic mass is 16.5. The first-order chi connectivity index (χ1) is 16.9. The Hall–Kier alpha value is -2.00. The van der Waals surface area contributed by atoms with Crippen LogP contribution in [0.15, 0.2) is 36.4 Å². The van der Waals surface area contributed by atoms with E-state index in [9.17, 15) is 5.11 Å². The van der Waals surface area contributed by atoms with Gasteiger partial charge in [0, 0.05) is 6.54 Å². The maximum Gasteiger partial charge on any atom is 0.122 e. The minimum atomic E-state index is 0.428. The van der Waals surface area contributed by atoms with Gasteiger partial charge in [0.2, 0.25) is 0 Å². The molecule has 0 saturated heterocycles. The molecule has 2 aromatic carbocycles. The van der Waals surface area contributed by atoms with Crippen LogP contribution in [0.5, 0.6) is 11.5 Å². The van der Waals surface area contributed by atoms with Gasteiger partial charge in [-0.3, -0.25) is 4.90 Å². The maximum absolute atomic E-state index is 9.95. The number of aryl methyl sites for hydroxylation is 2. The van der Waals surface area contributed by atoms with Crippen LogP contribution in [0.1, 0.15) is 87.5 Å². The number of ether oxygens (including phenoxy) is 1. The molecule has 0 aromatic heterocycles. The fourth-order valence-corrected chi connectivity index (χ4v) is 8.14. The van der Waals surface area contributed by atoms with Gasteiger partial charge in [-0.25, -0.2) is 0 Å². The predicted molar refractivity (Wildman–Crippen MR) is 144 cm³/mol. The van der Waals surface area contributed by atoms with Crippen molar-refractivity contribution in [3.63, 3.8) is 0 Å². The van der Waals surface area contributed by atoms with Gasteiger partial charge in [0.1, 0.15) is 11.5 Å². The number of phenols is 1. The predicted octanol–water partition coefficient (Wildman–Crippen LogP) is 7.48. The van der Waals surface area contributed by atoms with Crippen LogP contribution in [0.3, 0.4) is 0 Å². The van der Waals surface area contributed by atoms with E-state index < -0.39 is 0 Å². The first kappa shape index (κ1) is 24.7. The zero-order chi connectivity index (χ0) is 24.6. The van der Waals surface area contributed by atoms with E-state index in [1.165, 1.54) is 60.8 Å². The second kappa shape index (κ2) is 10.2. The number of hydrogen-bond acceptors (Lipinski definition) is 3. The molecule has 0 amide bonds. The van der Waals surface area contributed by atoms with Gasteiger partial charge in [-0.15, -0.1) is 0 Å². The number of aromatic hydroxyl groups is 1. The van der Waals surface area contributed by atoms with E-state index in [0.717, 1.165) is 56.2 Å². The Morgan fingerprint density at radius 3 is 2.63 bits per heavy atom. The number of benzene rings is 2. The highest BCUT2D eigenvalue weighted by molar-refractivity contribution is 5.40. The van der Waals surface area contributed by atoms with Crippen molar-refractivity contribution < 1.29 is 9.84 Å². The highest BCUT2D eigenvalue weighted by Gasteiger charge is 2.54. The third-order valence-corrected chi connectivity index (χ3v) is 10.2. The van der Waals surface area contributed by atoms with Crippen LogP contribution in [0, 0.1) is 30.1 Å². The van der Waals surface area contributed by atoms with E-state index >= 15 is 0 Å². The second-order valence-corrected chi connectivity index (χ2v) is 11.8. The average molecular weight is 476 g/mol. The zero-order valence-electron chi connectivity index (χ0n) is 22.4. The maximum atomic E-state index is 9.95. The van der Waals surface area contributed by atoms with Crippen molar-refractivity contribution in [2.45, 2.75) is 85.1 Å². The molecule has 2 aromatic rings. The molecule has 35 heavy (non-hydrogen) atoms. The van der Waals surface area contributed by atoms with Gasteiger partial charge >= 0.3 is 0 Å². The zero-order valence-corrected chi connectivity index (χ0v) is 22.4. The summed E-state index contributed by atoms with van der Waals surface area (Å²) in [5.41, 5.74) is 6.04. The van der Waals surface area contributed by atoms with Crippen molar-refractivity contribution in [3.05, 3.63) is 58.7 Å². The molecule has 0 radical (unpaired) electrons. The van der Waals surface area contributed by atoms with E-state index in [2.05, 4.69) is 56.9 Å². The largest absolute Gasteiger partial charge is 0.508 e. The third-order valence-electron chi connectivity index (χ3n) is 10.2. The Labute approximate surface area is 212 Å². The van der Waals surface area contributed by atoms with Crippen molar-refractivity contribution in [1.82, 2.24) is 4.90 Å². The summed E-state index contributed by atoms with van der Waals surface area (Å²) in [6.07, 6.45) is 8.99. The van der Waals surface area contributed by atoms with Gasteiger partial charge in [-0.2, -0.15) is 0 Å². The molecular weight excluding hydrogens is 430 g/mol. The lowest BCUT2D eigenvalue weighted by atomic mass is 9.54. The van der Waals surface area contributed by atoms with Gasteiger partial charge < -0.3 is 9.84 Å². The molecule has 1 N–H and O–H groups in total. The van der Waals surface area contributed by atoms with E-state index in [1.807, 2.05) is 12.1 Å². The van der Waals surface area contributed by atoms with Gasteiger partial charge in [0.15, 0.2) is 0 Å². The number of rotatable bonds is 8. The topological polar surface area (TPSA) is 32.7 Å². The Kier molecular flexibility index (Phi) is 7.17. The molecule has 0 heterocycles. The van der Waals surface area contributed by atoms with Gasteiger partial charge in [0.05, 0.1) is 6.61 Å². The lowest BCUT2D eigenvalue weighted by Crippen LogP contribution is -2.42. The molecular formula is C32H45NO2. The molecule has 190 valence electrons. The summed E-state index contributed by atoms with van der Waals surface area (Å²) in [5.74, 6) is 4.62. The van der Waals surface area contributed by atoms with Crippen LogP contribution in [0.4, 0.5) is 0 Å². The minimum Gasteiger partial charge on any atom is -0.508 e. The van der Waals surface area contributed by atoms with Crippen molar-refractivity contribution in [1.29, 1.82) is 0 Å². The van der Waals surface area contributed by atoms with E-state index in [0.29, 0.717) is 17.1 Å². The average Bonchev–Trinajstić information content (AvgIpc) is 3.19. The fraction of sp³-hybridized carbons (Fsp3) is 0.625. The summed E-state index contributed by atoms with van der Waals surface area (Å²) in [5, 5.41) is 9.95. The summed E-state index contributed by atoms with van der Waals surface area (Å²) in [6.45, 7) is 13.3. The van der Waals surface area contributed by atoms with Crippen molar-refractivity contribution >= 4 is 0 Å². The van der Waals surface area contributed by atoms with Crippen molar-refractivity contribution in [3.8, 4) is 11.5 Å². The molecule has 3 aliphatic rings. The first-order valence-electron chi connectivity index (χ1n) is 14.2. The Morgan fingerprint density at radius 1 is 1.03 bits per heavy atom. The lowest BCUT2D eigenvalue weighted by molar-refractivity contribution is 0.0220. The van der Waals surface area contributed by atoms with Gasteiger partial charge in [-0.05, 0) is 134 Å². The number of fused-ring (bicyclic) bond motifs is 5. The standard InChI is InChI=1S/C32H45NO2/c1-5-33(6-2)21-23-7-14-31(22(3)19-23)35-18-16-25-9-13-30-29-11-8-24-20-26(34)10-12-27(24)28(29)15-17-32(25,30)4/h7,10,12,14,19-20,25,28-30,34H,5-6,8-9,11,13,15-18,21H2,1-4H3/t25-,28?,29?,30?,32?/m1/s1. The van der Waals surface area contributed by atoms with Crippen molar-refractivity contribution in [2.24, 2.45) is 23.2 Å². The van der Waals surface area contributed by atoms with Crippen molar-refractivity contribution in [2.75, 3.05) is 19.7 Å². The molecule has 0 bridgehead atoms. The molecule has 0 aliphatic heterocycles. The molecule has 2 fully saturated rings. The smallest absolute Gasteiger partial charge is 0.122 e. The summed E-state index contributed by atoms with van der Waals surface area (Å²) in [7, 11) is 0.